The molecule has 0 amide bonds. The van der Waals surface area contributed by atoms with Crippen LogP contribution < -0.4 is 0 Å². The van der Waals surface area contributed by atoms with E-state index in [2.05, 4.69) is 39.8 Å². The molecule has 2 saturated carbocycles. The number of allylic oxidation sites excluding steroid dienone is 3. The Bertz CT molecular complexity index is 673. The molecule has 0 spiro atoms. The van der Waals surface area contributed by atoms with Crippen molar-refractivity contribution in [1.29, 1.82) is 0 Å². The van der Waals surface area contributed by atoms with E-state index >= 15 is 0 Å². The third-order valence-electron chi connectivity index (χ3n) is 8.87. The Morgan fingerprint density at radius 3 is 2.75 bits per heavy atom. The lowest BCUT2D eigenvalue weighted by Crippen LogP contribution is -2.40. The maximum atomic E-state index is 11.2. The smallest absolute Gasteiger partial charge is 0.175 e. The van der Waals surface area contributed by atoms with Gasteiger partial charge in [0.05, 0.1) is 12.2 Å². The Morgan fingerprint density at radius 1 is 1.29 bits per heavy atom. The van der Waals surface area contributed by atoms with Crippen LogP contribution in [0.2, 0.25) is 0 Å². The van der Waals surface area contributed by atoms with Gasteiger partial charge in [0.1, 0.15) is 0 Å². The fourth-order valence-electron chi connectivity index (χ4n) is 7.36. The summed E-state index contributed by atoms with van der Waals surface area (Å²) in [6, 6.07) is 0. The minimum absolute atomic E-state index is 0.0191. The fourth-order valence-corrected chi connectivity index (χ4v) is 7.36. The van der Waals surface area contributed by atoms with E-state index in [4.69, 9.17) is 4.74 Å². The summed E-state index contributed by atoms with van der Waals surface area (Å²) < 4.78 is 5.85. The van der Waals surface area contributed by atoms with Gasteiger partial charge in [-0.15, -0.1) is 0 Å². The SMILES string of the molecule is CC(C)=CCC[C@@H](C)[C@H]1CC[C@]2(C)C[C@H]3[C@H]4C(=CC[C@@H]12)CO[C@@]4(O)C[C@@]3(C)O. The first kappa shape index (κ1) is 20.6. The summed E-state index contributed by atoms with van der Waals surface area (Å²) in [5.41, 5.74) is 2.06. The molecule has 2 N–H and O–H groups in total. The molecule has 0 aromatic rings. The number of ether oxygens (including phenoxy) is 1. The Morgan fingerprint density at radius 2 is 2.04 bits per heavy atom. The number of rotatable bonds is 4. The molecular formula is C25H40O3. The average molecular weight is 389 g/mol. The van der Waals surface area contributed by atoms with Crippen molar-refractivity contribution in [3.63, 3.8) is 0 Å². The van der Waals surface area contributed by atoms with Crippen molar-refractivity contribution < 1.29 is 14.9 Å². The predicted octanol–water partition coefficient (Wildman–Crippen LogP) is 5.23. The molecule has 158 valence electrons. The van der Waals surface area contributed by atoms with E-state index in [-0.39, 0.29) is 17.3 Å². The number of hydrogen-bond donors (Lipinski definition) is 2. The van der Waals surface area contributed by atoms with E-state index in [1.54, 1.807) is 0 Å². The summed E-state index contributed by atoms with van der Waals surface area (Å²) in [5.74, 6) is 1.09. The Hall–Kier alpha value is -0.640. The van der Waals surface area contributed by atoms with Gasteiger partial charge in [-0.25, -0.2) is 0 Å². The lowest BCUT2D eigenvalue weighted by atomic mass is 9.62. The summed E-state index contributed by atoms with van der Waals surface area (Å²) in [7, 11) is 0. The van der Waals surface area contributed by atoms with Gasteiger partial charge in [-0.05, 0) is 94.0 Å². The van der Waals surface area contributed by atoms with E-state index in [0.29, 0.717) is 18.9 Å². The van der Waals surface area contributed by atoms with Crippen LogP contribution in [0.5, 0.6) is 0 Å². The maximum absolute atomic E-state index is 11.2. The van der Waals surface area contributed by atoms with Crippen LogP contribution >= 0.6 is 0 Å². The molecule has 0 unspecified atom stereocenters. The zero-order chi connectivity index (χ0) is 20.3. The number of fused-ring (bicyclic) bond motifs is 1. The van der Waals surface area contributed by atoms with Crippen molar-refractivity contribution in [1.82, 2.24) is 0 Å². The molecule has 1 aliphatic heterocycles. The van der Waals surface area contributed by atoms with Crippen LogP contribution in [-0.4, -0.2) is 28.2 Å². The van der Waals surface area contributed by atoms with E-state index < -0.39 is 11.4 Å². The van der Waals surface area contributed by atoms with Gasteiger partial charge in [-0.1, -0.05) is 31.6 Å². The largest absolute Gasteiger partial charge is 0.390 e. The van der Waals surface area contributed by atoms with Gasteiger partial charge in [-0.3, -0.25) is 0 Å². The second kappa shape index (κ2) is 6.96. The monoisotopic (exact) mass is 388 g/mol. The van der Waals surface area contributed by atoms with Crippen molar-refractivity contribution in [2.45, 2.75) is 91.0 Å². The first-order valence-electron chi connectivity index (χ1n) is 11.5. The first-order valence-corrected chi connectivity index (χ1v) is 11.5. The summed E-state index contributed by atoms with van der Waals surface area (Å²) in [5, 5.41) is 22.3. The lowest BCUT2D eigenvalue weighted by Gasteiger charge is -2.43. The van der Waals surface area contributed by atoms with Crippen LogP contribution in [0, 0.1) is 35.0 Å². The van der Waals surface area contributed by atoms with Gasteiger partial charge in [0, 0.05) is 12.3 Å². The van der Waals surface area contributed by atoms with E-state index in [0.717, 1.165) is 24.7 Å². The average Bonchev–Trinajstić information content (AvgIpc) is 3.11. The van der Waals surface area contributed by atoms with E-state index in [1.165, 1.54) is 36.8 Å². The number of hydrogen-bond acceptors (Lipinski definition) is 3. The van der Waals surface area contributed by atoms with Gasteiger partial charge in [-0.2, -0.15) is 0 Å². The van der Waals surface area contributed by atoms with Gasteiger partial charge >= 0.3 is 0 Å². The van der Waals surface area contributed by atoms with Crippen LogP contribution in [0.1, 0.15) is 79.6 Å². The molecule has 0 radical (unpaired) electrons. The summed E-state index contributed by atoms with van der Waals surface area (Å²) in [6.07, 6.45) is 12.2. The van der Waals surface area contributed by atoms with Crippen LogP contribution in [0.3, 0.4) is 0 Å². The van der Waals surface area contributed by atoms with Crippen molar-refractivity contribution in [2.75, 3.05) is 6.61 Å². The lowest BCUT2D eigenvalue weighted by molar-refractivity contribution is -0.191. The van der Waals surface area contributed by atoms with Crippen LogP contribution in [-0.2, 0) is 4.74 Å². The van der Waals surface area contributed by atoms with Crippen molar-refractivity contribution in [2.24, 2.45) is 35.0 Å². The molecular weight excluding hydrogens is 348 g/mol. The van der Waals surface area contributed by atoms with Crippen LogP contribution in [0.4, 0.5) is 0 Å². The van der Waals surface area contributed by atoms with Gasteiger partial charge in [0.25, 0.3) is 0 Å². The second-order valence-corrected chi connectivity index (χ2v) is 11.3. The molecule has 0 bridgehead atoms. The quantitative estimate of drug-likeness (QED) is 0.649. The van der Waals surface area contributed by atoms with Crippen molar-refractivity contribution >= 4 is 0 Å². The van der Waals surface area contributed by atoms with Crippen molar-refractivity contribution in [3.05, 3.63) is 23.3 Å². The van der Waals surface area contributed by atoms with E-state index in [1.807, 2.05) is 6.92 Å². The van der Waals surface area contributed by atoms with Crippen molar-refractivity contribution in [3.8, 4) is 0 Å². The highest BCUT2D eigenvalue weighted by Gasteiger charge is 2.65. The first-order chi connectivity index (χ1) is 13.1. The molecule has 3 fully saturated rings. The second-order valence-electron chi connectivity index (χ2n) is 11.3. The minimum Gasteiger partial charge on any atom is -0.390 e. The van der Waals surface area contributed by atoms with Gasteiger partial charge in [0.2, 0.25) is 0 Å². The summed E-state index contributed by atoms with van der Waals surface area (Å²) in [4.78, 5) is 0. The van der Waals surface area contributed by atoms with Gasteiger partial charge < -0.3 is 14.9 Å². The normalized spacial score (nSPS) is 48.3. The highest BCUT2D eigenvalue weighted by atomic mass is 16.6. The molecule has 0 aromatic heterocycles. The maximum Gasteiger partial charge on any atom is 0.175 e. The molecule has 3 aliphatic carbocycles. The molecule has 0 aromatic carbocycles. The molecule has 4 rings (SSSR count). The van der Waals surface area contributed by atoms with Crippen LogP contribution in [0.15, 0.2) is 23.3 Å². The Balaban J connectivity index is 1.59. The third kappa shape index (κ3) is 3.32. The summed E-state index contributed by atoms with van der Waals surface area (Å²) >= 11 is 0. The molecule has 1 heterocycles. The zero-order valence-electron chi connectivity index (χ0n) is 18.5. The van der Waals surface area contributed by atoms with E-state index in [9.17, 15) is 10.2 Å². The Kier molecular flexibility index (Phi) is 5.13. The molecule has 3 heteroatoms. The molecule has 3 nitrogen and oxygen atoms in total. The minimum atomic E-state index is -1.15. The predicted molar refractivity (Wildman–Crippen MR) is 113 cm³/mol. The number of aliphatic hydroxyl groups is 2. The third-order valence-corrected chi connectivity index (χ3v) is 8.87. The van der Waals surface area contributed by atoms with Gasteiger partial charge in [0.15, 0.2) is 5.79 Å². The standard InChI is InChI=1S/C25H40O3/c1-16(2)7-6-8-17(3)19-11-12-23(4)13-21-22-18(9-10-20(19)23)14-28-25(22,27)15-24(21,5)26/h7,9,17,19-22,26-27H,6,8,10-15H2,1-5H3/t17-,19-,20+,21+,22-,23-,24-,25+/m1/s1. The summed E-state index contributed by atoms with van der Waals surface area (Å²) in [6.45, 7) is 11.7. The molecule has 4 aliphatic rings. The molecule has 28 heavy (non-hydrogen) atoms. The topological polar surface area (TPSA) is 49.7 Å². The Labute approximate surface area is 171 Å². The highest BCUT2D eigenvalue weighted by Crippen LogP contribution is 2.63. The molecule has 1 saturated heterocycles. The highest BCUT2D eigenvalue weighted by molar-refractivity contribution is 5.26. The fraction of sp³-hybridized carbons (Fsp3) is 0.840. The molecule has 8 atom stereocenters. The van der Waals surface area contributed by atoms with Crippen LogP contribution in [0.25, 0.3) is 0 Å². The zero-order valence-corrected chi connectivity index (χ0v) is 18.5.